The molecule has 4 nitrogen and oxygen atoms in total. The molecule has 0 aliphatic rings. The van der Waals surface area contributed by atoms with E-state index >= 15 is 0 Å². The highest BCUT2D eigenvalue weighted by Crippen LogP contribution is 2.16. The molecule has 0 heterocycles. The number of unbranched alkanes of at least 4 members (excludes halogenated alkanes) is 2. The van der Waals surface area contributed by atoms with Crippen molar-refractivity contribution in [2.45, 2.75) is 78.7 Å². The van der Waals surface area contributed by atoms with Gasteiger partial charge in [-0.25, -0.2) is 0 Å². The van der Waals surface area contributed by atoms with E-state index in [-0.39, 0.29) is 17.9 Å². The highest BCUT2D eigenvalue weighted by molar-refractivity contribution is 5.72. The van der Waals surface area contributed by atoms with Crippen LogP contribution in [0.1, 0.15) is 73.1 Å². The van der Waals surface area contributed by atoms with E-state index in [1.165, 1.54) is 0 Å². The standard InChI is InChI=1S/C16H30O4/c1-6-13(15(18)19-7-2)11-9-8-10-12-14(17)20-16(3,4)5/h13H,6-12H2,1-5H3. The van der Waals surface area contributed by atoms with E-state index in [4.69, 9.17) is 9.47 Å². The fourth-order valence-corrected chi connectivity index (χ4v) is 1.98. The summed E-state index contributed by atoms with van der Waals surface area (Å²) in [6.45, 7) is 9.88. The minimum atomic E-state index is -0.408. The summed E-state index contributed by atoms with van der Waals surface area (Å²) in [5.74, 6) is -0.242. The van der Waals surface area contributed by atoms with Crippen molar-refractivity contribution in [1.82, 2.24) is 0 Å². The maximum Gasteiger partial charge on any atom is 0.308 e. The van der Waals surface area contributed by atoms with Crippen molar-refractivity contribution >= 4 is 11.9 Å². The molecule has 0 amide bonds. The number of esters is 2. The number of hydrogen-bond acceptors (Lipinski definition) is 4. The van der Waals surface area contributed by atoms with Gasteiger partial charge in [-0.2, -0.15) is 0 Å². The first-order valence-electron chi connectivity index (χ1n) is 7.68. The molecule has 0 aliphatic carbocycles. The zero-order chi connectivity index (χ0) is 15.6. The van der Waals surface area contributed by atoms with Gasteiger partial charge in [-0.3, -0.25) is 9.59 Å². The molecule has 20 heavy (non-hydrogen) atoms. The zero-order valence-electron chi connectivity index (χ0n) is 13.7. The molecular formula is C16H30O4. The van der Waals surface area contributed by atoms with Gasteiger partial charge >= 0.3 is 11.9 Å². The summed E-state index contributed by atoms with van der Waals surface area (Å²) in [5.41, 5.74) is -0.408. The van der Waals surface area contributed by atoms with Gasteiger partial charge < -0.3 is 9.47 Å². The van der Waals surface area contributed by atoms with Gasteiger partial charge in [0.2, 0.25) is 0 Å². The fraction of sp³-hybridized carbons (Fsp3) is 0.875. The Kier molecular flexibility index (Phi) is 9.26. The average molecular weight is 286 g/mol. The molecule has 4 heteroatoms. The number of carbonyl (C=O) groups excluding carboxylic acids is 2. The van der Waals surface area contributed by atoms with E-state index in [1.807, 2.05) is 34.6 Å². The summed E-state index contributed by atoms with van der Waals surface area (Å²) < 4.78 is 10.3. The van der Waals surface area contributed by atoms with Gasteiger partial charge in [-0.1, -0.05) is 19.8 Å². The quantitative estimate of drug-likeness (QED) is 0.477. The van der Waals surface area contributed by atoms with Crippen molar-refractivity contribution in [2.24, 2.45) is 5.92 Å². The predicted octanol–water partition coefficient (Wildman–Crippen LogP) is 3.87. The van der Waals surface area contributed by atoms with Gasteiger partial charge in [0.1, 0.15) is 5.60 Å². The Hall–Kier alpha value is -1.06. The highest BCUT2D eigenvalue weighted by atomic mass is 16.6. The molecule has 0 radical (unpaired) electrons. The van der Waals surface area contributed by atoms with E-state index < -0.39 is 5.60 Å². The molecule has 1 atom stereocenters. The summed E-state index contributed by atoms with van der Waals surface area (Å²) in [4.78, 5) is 23.1. The SMILES string of the molecule is CCOC(=O)C(CC)CCCCCC(=O)OC(C)(C)C. The zero-order valence-corrected chi connectivity index (χ0v) is 13.7. The number of carbonyl (C=O) groups is 2. The van der Waals surface area contributed by atoms with Crippen molar-refractivity contribution in [3.8, 4) is 0 Å². The summed E-state index contributed by atoms with van der Waals surface area (Å²) in [6, 6.07) is 0. The Morgan fingerprint density at radius 3 is 2.20 bits per heavy atom. The second kappa shape index (κ2) is 9.78. The minimum Gasteiger partial charge on any atom is -0.466 e. The van der Waals surface area contributed by atoms with Crippen LogP contribution in [-0.4, -0.2) is 24.1 Å². The Labute approximate surface area is 123 Å². The molecule has 0 bridgehead atoms. The maximum atomic E-state index is 11.6. The number of ether oxygens (including phenoxy) is 2. The molecular weight excluding hydrogens is 256 g/mol. The summed E-state index contributed by atoms with van der Waals surface area (Å²) in [7, 11) is 0. The van der Waals surface area contributed by atoms with Gasteiger partial charge in [0.15, 0.2) is 0 Å². The Bertz CT molecular complexity index is 291. The lowest BCUT2D eigenvalue weighted by Crippen LogP contribution is -2.23. The summed E-state index contributed by atoms with van der Waals surface area (Å²) >= 11 is 0. The Morgan fingerprint density at radius 2 is 1.70 bits per heavy atom. The predicted molar refractivity (Wildman–Crippen MR) is 79.3 cm³/mol. The molecule has 0 aliphatic heterocycles. The topological polar surface area (TPSA) is 52.6 Å². The third-order valence-electron chi connectivity index (χ3n) is 2.97. The van der Waals surface area contributed by atoms with Crippen LogP contribution in [0.3, 0.4) is 0 Å². The monoisotopic (exact) mass is 286 g/mol. The summed E-state index contributed by atoms with van der Waals surface area (Å²) in [5, 5.41) is 0. The number of rotatable bonds is 9. The van der Waals surface area contributed by atoms with Gasteiger partial charge in [0, 0.05) is 6.42 Å². The van der Waals surface area contributed by atoms with Crippen LogP contribution in [0.15, 0.2) is 0 Å². The van der Waals surface area contributed by atoms with E-state index in [9.17, 15) is 9.59 Å². The van der Waals surface area contributed by atoms with Crippen LogP contribution in [-0.2, 0) is 19.1 Å². The molecule has 0 aromatic heterocycles. The van der Waals surface area contributed by atoms with Gasteiger partial charge in [0.25, 0.3) is 0 Å². The molecule has 118 valence electrons. The maximum absolute atomic E-state index is 11.6. The average Bonchev–Trinajstić information content (AvgIpc) is 2.31. The Morgan fingerprint density at radius 1 is 1.05 bits per heavy atom. The summed E-state index contributed by atoms with van der Waals surface area (Å²) in [6.07, 6.45) is 4.80. The fourth-order valence-electron chi connectivity index (χ4n) is 1.98. The van der Waals surface area contributed by atoms with E-state index in [2.05, 4.69) is 0 Å². The normalized spacial score (nSPS) is 12.8. The molecule has 0 rings (SSSR count). The lowest BCUT2D eigenvalue weighted by Gasteiger charge is -2.19. The van der Waals surface area contributed by atoms with Gasteiger partial charge in [-0.05, 0) is 47.0 Å². The van der Waals surface area contributed by atoms with Crippen LogP contribution >= 0.6 is 0 Å². The van der Waals surface area contributed by atoms with Crippen LogP contribution in [0.5, 0.6) is 0 Å². The molecule has 0 N–H and O–H groups in total. The van der Waals surface area contributed by atoms with Crippen LogP contribution in [0.25, 0.3) is 0 Å². The van der Waals surface area contributed by atoms with Gasteiger partial charge in [0.05, 0.1) is 12.5 Å². The van der Waals surface area contributed by atoms with Crippen LogP contribution in [0.4, 0.5) is 0 Å². The van der Waals surface area contributed by atoms with Crippen molar-refractivity contribution in [3.05, 3.63) is 0 Å². The van der Waals surface area contributed by atoms with Crippen molar-refractivity contribution in [2.75, 3.05) is 6.61 Å². The van der Waals surface area contributed by atoms with Crippen molar-refractivity contribution < 1.29 is 19.1 Å². The Balaban J connectivity index is 3.75. The molecule has 1 unspecified atom stereocenters. The van der Waals surface area contributed by atoms with Crippen molar-refractivity contribution in [1.29, 1.82) is 0 Å². The highest BCUT2D eigenvalue weighted by Gasteiger charge is 2.18. The first-order valence-corrected chi connectivity index (χ1v) is 7.68. The third-order valence-corrected chi connectivity index (χ3v) is 2.97. The molecule has 0 spiro atoms. The molecule has 0 aromatic rings. The van der Waals surface area contributed by atoms with Crippen LogP contribution in [0.2, 0.25) is 0 Å². The molecule has 0 fully saturated rings. The van der Waals surface area contributed by atoms with Crippen molar-refractivity contribution in [3.63, 3.8) is 0 Å². The molecule has 0 saturated heterocycles. The minimum absolute atomic E-state index is 0.00326. The largest absolute Gasteiger partial charge is 0.466 e. The second-order valence-electron chi connectivity index (χ2n) is 6.04. The van der Waals surface area contributed by atoms with Gasteiger partial charge in [-0.15, -0.1) is 0 Å². The second-order valence-corrected chi connectivity index (χ2v) is 6.04. The molecule has 0 aromatic carbocycles. The van der Waals surface area contributed by atoms with Crippen LogP contribution in [0, 0.1) is 5.92 Å². The first-order chi connectivity index (χ1) is 9.30. The lowest BCUT2D eigenvalue weighted by molar-refractivity contribution is -0.155. The van der Waals surface area contributed by atoms with Crippen LogP contribution < -0.4 is 0 Å². The molecule has 0 saturated carbocycles. The lowest BCUT2D eigenvalue weighted by atomic mass is 9.98. The van der Waals surface area contributed by atoms with E-state index in [1.54, 1.807) is 0 Å². The van der Waals surface area contributed by atoms with E-state index in [0.717, 1.165) is 32.1 Å². The third kappa shape index (κ3) is 9.82. The first kappa shape index (κ1) is 18.9. The number of hydrogen-bond donors (Lipinski definition) is 0. The smallest absolute Gasteiger partial charge is 0.308 e. The van der Waals surface area contributed by atoms with E-state index in [0.29, 0.717) is 13.0 Å².